The van der Waals surface area contributed by atoms with E-state index in [0.717, 1.165) is 4.88 Å². The molecule has 0 saturated heterocycles. The Kier molecular flexibility index (Phi) is 2.11. The van der Waals surface area contributed by atoms with Crippen molar-refractivity contribution < 1.29 is 9.90 Å². The molecule has 1 heterocycles. The van der Waals surface area contributed by atoms with Crippen molar-refractivity contribution in [2.75, 3.05) is 0 Å². The molecule has 0 radical (unpaired) electrons. The first-order chi connectivity index (χ1) is 4.63. The van der Waals surface area contributed by atoms with Gasteiger partial charge in [-0.2, -0.15) is 0 Å². The Bertz CT molecular complexity index is 267. The number of aryl methyl sites for hydroxylation is 1. The van der Waals surface area contributed by atoms with Gasteiger partial charge in [0, 0.05) is 14.7 Å². The number of hydrogen-bond donors (Lipinski definition) is 1. The Morgan fingerprint density at radius 2 is 2.40 bits per heavy atom. The molecule has 4 heteroatoms. The molecule has 0 aromatic carbocycles. The molecule has 10 heavy (non-hydrogen) atoms. The van der Waals surface area contributed by atoms with Gasteiger partial charge in [-0.25, -0.2) is 4.79 Å². The van der Waals surface area contributed by atoms with E-state index in [2.05, 4.69) is 15.9 Å². The first-order valence-electron chi connectivity index (χ1n) is 2.60. The van der Waals surface area contributed by atoms with Crippen LogP contribution < -0.4 is 0 Å². The molecule has 1 rings (SSSR count). The predicted molar refractivity (Wildman–Crippen MR) is 43.7 cm³/mol. The standard InChI is InChI=1S/C6H5BrO2S/c1-3-5(7)4(2-10-3)6(8)9/h2H,1H3,(H,8,9). The van der Waals surface area contributed by atoms with Gasteiger partial charge in [0.1, 0.15) is 0 Å². The van der Waals surface area contributed by atoms with E-state index in [1.54, 1.807) is 5.38 Å². The van der Waals surface area contributed by atoms with Gasteiger partial charge < -0.3 is 5.11 Å². The summed E-state index contributed by atoms with van der Waals surface area (Å²) < 4.78 is 0.699. The summed E-state index contributed by atoms with van der Waals surface area (Å²) in [5, 5.41) is 10.2. The van der Waals surface area contributed by atoms with Crippen molar-refractivity contribution >= 4 is 33.2 Å². The van der Waals surface area contributed by atoms with Crippen molar-refractivity contribution in [3.05, 3.63) is 20.3 Å². The maximum atomic E-state index is 10.4. The molecule has 0 atom stereocenters. The summed E-state index contributed by atoms with van der Waals surface area (Å²) in [6.45, 7) is 1.88. The van der Waals surface area contributed by atoms with Gasteiger partial charge in [-0.05, 0) is 22.9 Å². The Labute approximate surface area is 70.6 Å². The van der Waals surface area contributed by atoms with Gasteiger partial charge in [0.05, 0.1) is 5.56 Å². The van der Waals surface area contributed by atoms with Gasteiger partial charge >= 0.3 is 5.97 Å². The maximum Gasteiger partial charge on any atom is 0.337 e. The highest BCUT2D eigenvalue weighted by Gasteiger charge is 2.10. The van der Waals surface area contributed by atoms with Crippen LogP contribution in [0.1, 0.15) is 15.2 Å². The average Bonchev–Trinajstić information content (AvgIpc) is 2.14. The first-order valence-corrected chi connectivity index (χ1v) is 4.27. The molecule has 0 fully saturated rings. The summed E-state index contributed by atoms with van der Waals surface area (Å²) in [5.74, 6) is -0.878. The zero-order chi connectivity index (χ0) is 7.72. The number of halogens is 1. The van der Waals surface area contributed by atoms with E-state index in [9.17, 15) is 4.79 Å². The van der Waals surface area contributed by atoms with Crippen molar-refractivity contribution in [2.24, 2.45) is 0 Å². The molecule has 0 aliphatic rings. The minimum absolute atomic E-state index is 0.350. The lowest BCUT2D eigenvalue weighted by Crippen LogP contribution is -1.93. The fraction of sp³-hybridized carbons (Fsp3) is 0.167. The second-order valence-electron chi connectivity index (χ2n) is 1.82. The van der Waals surface area contributed by atoms with Crippen molar-refractivity contribution in [3.63, 3.8) is 0 Å². The highest BCUT2D eigenvalue weighted by Crippen LogP contribution is 2.26. The first kappa shape index (κ1) is 7.75. The topological polar surface area (TPSA) is 37.3 Å². The molecule has 0 spiro atoms. The van der Waals surface area contributed by atoms with Gasteiger partial charge in [-0.3, -0.25) is 0 Å². The summed E-state index contributed by atoms with van der Waals surface area (Å²) in [6, 6.07) is 0. The van der Waals surface area contributed by atoms with Crippen LogP contribution in [0.2, 0.25) is 0 Å². The minimum atomic E-state index is -0.878. The van der Waals surface area contributed by atoms with Crippen LogP contribution in [0.15, 0.2) is 9.85 Å². The van der Waals surface area contributed by atoms with Crippen LogP contribution in [0.5, 0.6) is 0 Å². The van der Waals surface area contributed by atoms with Gasteiger partial charge in [0.15, 0.2) is 0 Å². The number of carboxylic acids is 1. The van der Waals surface area contributed by atoms with Crippen LogP contribution in [0.3, 0.4) is 0 Å². The molecule has 0 aliphatic heterocycles. The van der Waals surface area contributed by atoms with E-state index in [0.29, 0.717) is 10.0 Å². The SMILES string of the molecule is Cc1scc(C(=O)O)c1Br. The fourth-order valence-electron chi connectivity index (χ4n) is 0.585. The van der Waals surface area contributed by atoms with Gasteiger partial charge in [-0.15, -0.1) is 11.3 Å². The molecular formula is C6H5BrO2S. The molecule has 0 unspecified atom stereocenters. The van der Waals surface area contributed by atoms with Crippen LogP contribution in [-0.2, 0) is 0 Å². The monoisotopic (exact) mass is 220 g/mol. The fourth-order valence-corrected chi connectivity index (χ4v) is 2.03. The third kappa shape index (κ3) is 1.22. The third-order valence-corrected chi connectivity index (χ3v) is 3.33. The zero-order valence-electron chi connectivity index (χ0n) is 5.22. The quantitative estimate of drug-likeness (QED) is 0.790. The number of rotatable bonds is 1. The molecule has 0 aliphatic carbocycles. The molecule has 1 aromatic rings. The molecular weight excluding hydrogens is 216 g/mol. The van der Waals surface area contributed by atoms with Gasteiger partial charge in [-0.1, -0.05) is 0 Å². The van der Waals surface area contributed by atoms with E-state index >= 15 is 0 Å². The van der Waals surface area contributed by atoms with Crippen molar-refractivity contribution in [1.29, 1.82) is 0 Å². The molecule has 0 amide bonds. The van der Waals surface area contributed by atoms with Crippen LogP contribution in [-0.4, -0.2) is 11.1 Å². The van der Waals surface area contributed by atoms with Crippen LogP contribution in [0.25, 0.3) is 0 Å². The lowest BCUT2D eigenvalue weighted by atomic mass is 10.3. The summed E-state index contributed by atoms with van der Waals surface area (Å²) >= 11 is 4.61. The number of carboxylic acid groups (broad SMARTS) is 1. The summed E-state index contributed by atoms with van der Waals surface area (Å²) in [6.07, 6.45) is 0. The second-order valence-corrected chi connectivity index (χ2v) is 3.70. The van der Waals surface area contributed by atoms with E-state index in [4.69, 9.17) is 5.11 Å². The number of aromatic carboxylic acids is 1. The van der Waals surface area contributed by atoms with Crippen LogP contribution >= 0.6 is 27.3 Å². The van der Waals surface area contributed by atoms with Gasteiger partial charge in [0.25, 0.3) is 0 Å². The molecule has 1 aromatic heterocycles. The maximum absolute atomic E-state index is 10.4. The molecule has 0 saturated carbocycles. The predicted octanol–water partition coefficient (Wildman–Crippen LogP) is 2.52. The zero-order valence-corrected chi connectivity index (χ0v) is 7.62. The summed E-state index contributed by atoms with van der Waals surface area (Å²) in [4.78, 5) is 11.4. The largest absolute Gasteiger partial charge is 0.478 e. The van der Waals surface area contributed by atoms with Crippen LogP contribution in [0, 0.1) is 6.92 Å². The van der Waals surface area contributed by atoms with Crippen LogP contribution in [0.4, 0.5) is 0 Å². The van der Waals surface area contributed by atoms with E-state index < -0.39 is 5.97 Å². The minimum Gasteiger partial charge on any atom is -0.478 e. The van der Waals surface area contributed by atoms with E-state index in [-0.39, 0.29) is 0 Å². The summed E-state index contributed by atoms with van der Waals surface area (Å²) in [7, 11) is 0. The smallest absolute Gasteiger partial charge is 0.337 e. The lowest BCUT2D eigenvalue weighted by molar-refractivity contribution is 0.0696. The van der Waals surface area contributed by atoms with Crippen molar-refractivity contribution in [3.8, 4) is 0 Å². The highest BCUT2D eigenvalue weighted by atomic mass is 79.9. The molecule has 1 N–H and O–H groups in total. The third-order valence-electron chi connectivity index (χ3n) is 1.13. The number of hydrogen-bond acceptors (Lipinski definition) is 2. The Morgan fingerprint density at radius 3 is 2.60 bits per heavy atom. The second kappa shape index (κ2) is 2.72. The summed E-state index contributed by atoms with van der Waals surface area (Å²) in [5.41, 5.74) is 0.350. The lowest BCUT2D eigenvalue weighted by Gasteiger charge is -1.88. The Hall–Kier alpha value is -0.350. The van der Waals surface area contributed by atoms with Crippen molar-refractivity contribution in [1.82, 2.24) is 0 Å². The Balaban J connectivity index is 3.17. The van der Waals surface area contributed by atoms with Gasteiger partial charge in [0.2, 0.25) is 0 Å². The molecule has 0 bridgehead atoms. The highest BCUT2D eigenvalue weighted by molar-refractivity contribution is 9.10. The van der Waals surface area contributed by atoms with Crippen molar-refractivity contribution in [2.45, 2.75) is 6.92 Å². The van der Waals surface area contributed by atoms with E-state index in [1.165, 1.54) is 11.3 Å². The molecule has 54 valence electrons. The number of carbonyl (C=O) groups is 1. The normalized spacial score (nSPS) is 9.80. The molecule has 2 nitrogen and oxygen atoms in total. The average molecular weight is 221 g/mol. The number of thiophene rings is 1. The Morgan fingerprint density at radius 1 is 1.80 bits per heavy atom. The van der Waals surface area contributed by atoms with E-state index in [1.807, 2.05) is 6.92 Å².